The molecule has 2 aliphatic heterocycles. The summed E-state index contributed by atoms with van der Waals surface area (Å²) in [5.74, 6) is 0.509. The van der Waals surface area contributed by atoms with Crippen molar-refractivity contribution in [3.05, 3.63) is 63.4 Å². The first-order valence-electron chi connectivity index (χ1n) is 8.73. The molecule has 2 N–H and O–H groups in total. The Labute approximate surface area is 160 Å². The number of carbonyl (C=O) groups is 1. The minimum Gasteiger partial charge on any atom is -0.492 e. The highest BCUT2D eigenvalue weighted by molar-refractivity contribution is 9.10. The van der Waals surface area contributed by atoms with Crippen LogP contribution in [0.2, 0.25) is 0 Å². The Hall–Kier alpha value is -1.92. The lowest BCUT2D eigenvalue weighted by Crippen LogP contribution is -2.46. The van der Waals surface area contributed by atoms with E-state index in [1.807, 2.05) is 17.0 Å². The smallest absolute Gasteiger partial charge is 0.253 e. The highest BCUT2D eigenvalue weighted by atomic mass is 79.9. The zero-order valence-corrected chi connectivity index (χ0v) is 15.9. The second-order valence-corrected chi connectivity index (χ2v) is 7.88. The Morgan fingerprint density at radius 3 is 2.69 bits per heavy atom. The molecule has 0 aliphatic carbocycles. The molecule has 0 radical (unpaired) electrons. The van der Waals surface area contributed by atoms with Crippen LogP contribution in [0.1, 0.15) is 34.3 Å². The fourth-order valence-electron chi connectivity index (χ4n) is 3.90. The quantitative estimate of drug-likeness (QED) is 0.809. The summed E-state index contributed by atoms with van der Waals surface area (Å²) in [5, 5.41) is 0. The van der Waals surface area contributed by atoms with Crippen LogP contribution in [0.5, 0.6) is 5.75 Å². The van der Waals surface area contributed by atoms with Gasteiger partial charge in [0.15, 0.2) is 0 Å². The van der Waals surface area contributed by atoms with Crippen LogP contribution in [0.15, 0.2) is 40.9 Å². The van der Waals surface area contributed by atoms with Gasteiger partial charge in [0.25, 0.3) is 5.91 Å². The van der Waals surface area contributed by atoms with Crippen LogP contribution in [0.25, 0.3) is 0 Å². The van der Waals surface area contributed by atoms with Gasteiger partial charge in [-0.15, -0.1) is 0 Å². The predicted molar refractivity (Wildman–Crippen MR) is 101 cm³/mol. The Morgan fingerprint density at radius 2 is 2.00 bits per heavy atom. The number of nitrogens with two attached hydrogens (primary N) is 1. The maximum Gasteiger partial charge on any atom is 0.253 e. The molecule has 0 unspecified atom stereocenters. The fourth-order valence-corrected chi connectivity index (χ4v) is 4.28. The number of ether oxygens (including phenoxy) is 1. The van der Waals surface area contributed by atoms with E-state index in [2.05, 4.69) is 22.0 Å². The normalized spacial score (nSPS) is 17.9. The number of halogens is 2. The number of benzene rings is 2. The predicted octanol–water partition coefficient (Wildman–Crippen LogP) is 3.61. The second-order valence-electron chi connectivity index (χ2n) is 7.02. The third-order valence-electron chi connectivity index (χ3n) is 5.53. The number of hydrogen-bond acceptors (Lipinski definition) is 3. The van der Waals surface area contributed by atoms with E-state index in [1.165, 1.54) is 17.7 Å². The summed E-state index contributed by atoms with van der Waals surface area (Å²) in [4.78, 5) is 14.6. The first-order valence-corrected chi connectivity index (χ1v) is 9.52. The topological polar surface area (TPSA) is 55.6 Å². The largest absolute Gasteiger partial charge is 0.492 e. The van der Waals surface area contributed by atoms with Gasteiger partial charge in [0, 0.05) is 36.2 Å². The summed E-state index contributed by atoms with van der Waals surface area (Å²) in [6.45, 7) is 2.47. The van der Waals surface area contributed by atoms with Crippen molar-refractivity contribution in [3.8, 4) is 5.75 Å². The van der Waals surface area contributed by atoms with Gasteiger partial charge in [-0.1, -0.05) is 12.1 Å². The van der Waals surface area contributed by atoms with E-state index >= 15 is 0 Å². The van der Waals surface area contributed by atoms with Crippen molar-refractivity contribution in [2.45, 2.75) is 24.8 Å². The number of likely N-dealkylation sites (tertiary alicyclic amines) is 1. The number of nitrogens with zero attached hydrogens (tertiary/aromatic N) is 1. The fraction of sp³-hybridized carbons (Fsp3) is 0.350. The lowest BCUT2D eigenvalue weighted by molar-refractivity contribution is 0.0646. The second kappa shape index (κ2) is 6.67. The molecule has 0 bridgehead atoms. The zero-order valence-electron chi connectivity index (χ0n) is 14.3. The summed E-state index contributed by atoms with van der Waals surface area (Å²) in [7, 11) is 0. The number of piperidine rings is 1. The number of rotatable bonds is 2. The van der Waals surface area contributed by atoms with E-state index in [9.17, 15) is 9.18 Å². The molecule has 1 spiro atoms. The minimum atomic E-state index is -0.366. The standard InChI is InChI=1S/C20H20BrFN2O2/c21-16-10-14(2-3-17(16)22)19(25)24-7-5-20(6-8-24)12-26-18-4-1-13(11-23)9-15(18)20/h1-4,9-10H,5-8,11-12,23H2. The van der Waals surface area contributed by atoms with Gasteiger partial charge in [-0.3, -0.25) is 4.79 Å². The molecule has 2 heterocycles. The van der Waals surface area contributed by atoms with Crippen molar-refractivity contribution in [1.29, 1.82) is 0 Å². The van der Waals surface area contributed by atoms with Gasteiger partial charge in [-0.25, -0.2) is 4.39 Å². The molecule has 1 saturated heterocycles. The van der Waals surface area contributed by atoms with Gasteiger partial charge in [0.2, 0.25) is 0 Å². The molecule has 6 heteroatoms. The van der Waals surface area contributed by atoms with Crippen LogP contribution in [-0.4, -0.2) is 30.5 Å². The van der Waals surface area contributed by atoms with Crippen LogP contribution in [0.3, 0.4) is 0 Å². The minimum absolute atomic E-state index is 0.0410. The number of carbonyl (C=O) groups excluding carboxylic acids is 1. The Balaban J connectivity index is 1.52. The molecular formula is C20H20BrFN2O2. The van der Waals surface area contributed by atoms with E-state index in [-0.39, 0.29) is 17.1 Å². The summed E-state index contributed by atoms with van der Waals surface area (Å²) < 4.78 is 19.6. The number of fused-ring (bicyclic) bond motifs is 2. The summed E-state index contributed by atoms with van der Waals surface area (Å²) >= 11 is 3.15. The first kappa shape index (κ1) is 17.5. The molecule has 0 atom stereocenters. The van der Waals surface area contributed by atoms with Crippen molar-refractivity contribution in [3.63, 3.8) is 0 Å². The third-order valence-corrected chi connectivity index (χ3v) is 6.14. The van der Waals surface area contributed by atoms with E-state index < -0.39 is 0 Å². The lowest BCUT2D eigenvalue weighted by Gasteiger charge is -2.38. The number of amides is 1. The Bertz CT molecular complexity index is 863. The van der Waals surface area contributed by atoms with Crippen LogP contribution in [0, 0.1) is 5.82 Å². The van der Waals surface area contributed by atoms with E-state index in [1.54, 1.807) is 6.07 Å². The molecule has 4 rings (SSSR count). The average molecular weight is 419 g/mol. The Kier molecular flexibility index (Phi) is 4.49. The van der Waals surface area contributed by atoms with E-state index in [4.69, 9.17) is 10.5 Å². The molecule has 136 valence electrons. The van der Waals surface area contributed by atoms with Crippen molar-refractivity contribution in [2.75, 3.05) is 19.7 Å². The molecule has 2 aromatic rings. The van der Waals surface area contributed by atoms with Crippen molar-refractivity contribution in [2.24, 2.45) is 5.73 Å². The molecule has 26 heavy (non-hydrogen) atoms. The van der Waals surface area contributed by atoms with Gasteiger partial charge in [0.05, 0.1) is 11.1 Å². The van der Waals surface area contributed by atoms with Crippen LogP contribution >= 0.6 is 15.9 Å². The third kappa shape index (κ3) is 2.91. The van der Waals surface area contributed by atoms with Crippen molar-refractivity contribution < 1.29 is 13.9 Å². The summed E-state index contributed by atoms with van der Waals surface area (Å²) in [5.41, 5.74) is 8.57. The summed E-state index contributed by atoms with van der Waals surface area (Å²) in [6, 6.07) is 10.6. The monoisotopic (exact) mass is 418 g/mol. The van der Waals surface area contributed by atoms with Gasteiger partial charge in [-0.2, -0.15) is 0 Å². The van der Waals surface area contributed by atoms with Crippen molar-refractivity contribution in [1.82, 2.24) is 4.90 Å². The van der Waals surface area contributed by atoms with Crippen molar-refractivity contribution >= 4 is 21.8 Å². The lowest BCUT2D eigenvalue weighted by atomic mass is 9.74. The van der Waals surface area contributed by atoms with E-state index in [0.717, 1.165) is 24.2 Å². The highest BCUT2D eigenvalue weighted by Crippen LogP contribution is 2.46. The molecule has 2 aliphatic rings. The van der Waals surface area contributed by atoms with Gasteiger partial charge >= 0.3 is 0 Å². The maximum absolute atomic E-state index is 13.4. The average Bonchev–Trinajstić information content (AvgIpc) is 3.01. The first-order chi connectivity index (χ1) is 12.5. The maximum atomic E-state index is 13.4. The molecule has 1 fully saturated rings. The van der Waals surface area contributed by atoms with Gasteiger partial charge in [0.1, 0.15) is 11.6 Å². The van der Waals surface area contributed by atoms with Gasteiger partial charge < -0.3 is 15.4 Å². The van der Waals surface area contributed by atoms with E-state index in [0.29, 0.717) is 36.3 Å². The Morgan fingerprint density at radius 1 is 1.23 bits per heavy atom. The van der Waals surface area contributed by atoms with Crippen LogP contribution in [0.4, 0.5) is 4.39 Å². The molecule has 0 aromatic heterocycles. The zero-order chi connectivity index (χ0) is 18.3. The molecule has 1 amide bonds. The van der Waals surface area contributed by atoms with Gasteiger partial charge in [-0.05, 0) is 58.6 Å². The van der Waals surface area contributed by atoms with Crippen LogP contribution in [-0.2, 0) is 12.0 Å². The molecule has 2 aromatic carbocycles. The number of hydrogen-bond donors (Lipinski definition) is 1. The molecular weight excluding hydrogens is 399 g/mol. The SMILES string of the molecule is NCc1ccc2c(c1)C1(CCN(C(=O)c3ccc(F)c(Br)c3)CC1)CO2. The highest BCUT2D eigenvalue weighted by Gasteiger charge is 2.43. The molecule has 4 nitrogen and oxygen atoms in total. The molecule has 0 saturated carbocycles. The van der Waals surface area contributed by atoms with Crippen LogP contribution < -0.4 is 10.5 Å². The summed E-state index contributed by atoms with van der Waals surface area (Å²) in [6.07, 6.45) is 1.70.